The van der Waals surface area contributed by atoms with Crippen LogP contribution in [-0.4, -0.2) is 28.9 Å². The van der Waals surface area contributed by atoms with Crippen LogP contribution in [0, 0.1) is 0 Å². The van der Waals surface area contributed by atoms with E-state index in [1.807, 2.05) is 34.9 Å². The van der Waals surface area contributed by atoms with E-state index in [2.05, 4.69) is 12.1 Å². The number of carbonyl (C=O) groups excluding carboxylic acids is 1. The molecule has 1 saturated heterocycles. The number of benzene rings is 1. The number of rotatable bonds is 1. The fraction of sp³-hybridized carbons (Fsp3) is 0.417. The Hall–Kier alpha value is -0.960. The van der Waals surface area contributed by atoms with Gasteiger partial charge in [-0.3, -0.25) is 4.79 Å². The average molecular weight is 221 g/mol. The zero-order valence-corrected chi connectivity index (χ0v) is 9.67. The van der Waals surface area contributed by atoms with Crippen molar-refractivity contribution in [2.24, 2.45) is 0 Å². The van der Waals surface area contributed by atoms with Crippen molar-refractivity contribution in [3.63, 3.8) is 0 Å². The molecule has 3 heteroatoms. The Morgan fingerprint density at radius 2 is 2.13 bits per heavy atom. The first-order chi connectivity index (χ1) is 7.29. The van der Waals surface area contributed by atoms with E-state index in [-0.39, 0.29) is 11.9 Å². The lowest BCUT2D eigenvalue weighted by atomic mass is 10.1. The van der Waals surface area contributed by atoms with E-state index in [0.717, 1.165) is 18.1 Å². The number of carbonyl (C=O) groups is 1. The van der Waals surface area contributed by atoms with Crippen LogP contribution in [0.2, 0.25) is 0 Å². The van der Waals surface area contributed by atoms with Gasteiger partial charge in [-0.15, -0.1) is 0 Å². The third-order valence-corrected chi connectivity index (χ3v) is 3.74. The van der Waals surface area contributed by atoms with Gasteiger partial charge in [-0.2, -0.15) is 11.8 Å². The largest absolute Gasteiger partial charge is 0.334 e. The molecule has 1 aliphatic rings. The summed E-state index contributed by atoms with van der Waals surface area (Å²) in [5.74, 6) is 2.26. The lowest BCUT2D eigenvalue weighted by Gasteiger charge is -2.35. The maximum Gasteiger partial charge on any atom is 0.220 e. The molecule has 80 valence electrons. The molecule has 0 radical (unpaired) electrons. The van der Waals surface area contributed by atoms with Crippen molar-refractivity contribution >= 4 is 17.7 Å². The summed E-state index contributed by atoms with van der Waals surface area (Å²) in [6.45, 7) is 2.53. The molecular weight excluding hydrogens is 206 g/mol. The van der Waals surface area contributed by atoms with Gasteiger partial charge in [-0.1, -0.05) is 30.3 Å². The van der Waals surface area contributed by atoms with Crippen LogP contribution in [0.4, 0.5) is 0 Å². The first-order valence-electron chi connectivity index (χ1n) is 5.19. The van der Waals surface area contributed by atoms with Crippen LogP contribution < -0.4 is 0 Å². The van der Waals surface area contributed by atoms with Crippen LogP contribution in [0.15, 0.2) is 30.3 Å². The SMILES string of the molecule is CC(=O)N1CCSCC1c1ccccc1. The summed E-state index contributed by atoms with van der Waals surface area (Å²) in [4.78, 5) is 13.5. The fourth-order valence-electron chi connectivity index (χ4n) is 1.93. The van der Waals surface area contributed by atoms with Crippen LogP contribution in [0.3, 0.4) is 0 Å². The number of amides is 1. The molecule has 15 heavy (non-hydrogen) atoms. The molecule has 1 atom stereocenters. The molecule has 2 rings (SSSR count). The highest BCUT2D eigenvalue weighted by Crippen LogP contribution is 2.29. The van der Waals surface area contributed by atoms with Gasteiger partial charge >= 0.3 is 0 Å². The Kier molecular flexibility index (Phi) is 3.31. The Labute approximate surface area is 94.7 Å². The standard InChI is InChI=1S/C12H15NOS/c1-10(14)13-7-8-15-9-12(13)11-5-3-2-4-6-11/h2-6,12H,7-9H2,1H3. The molecule has 0 aromatic heterocycles. The van der Waals surface area contributed by atoms with Gasteiger partial charge in [0.1, 0.15) is 0 Å². The quantitative estimate of drug-likeness (QED) is 0.725. The second-order valence-electron chi connectivity index (χ2n) is 3.71. The maximum atomic E-state index is 11.5. The molecule has 0 spiro atoms. The smallest absolute Gasteiger partial charge is 0.220 e. The van der Waals surface area contributed by atoms with Crippen molar-refractivity contribution in [2.75, 3.05) is 18.1 Å². The summed E-state index contributed by atoms with van der Waals surface area (Å²) in [5, 5.41) is 0. The molecule has 1 aromatic rings. The lowest BCUT2D eigenvalue weighted by Crippen LogP contribution is -2.39. The molecule has 1 amide bonds. The minimum Gasteiger partial charge on any atom is -0.334 e. The second-order valence-corrected chi connectivity index (χ2v) is 4.86. The zero-order chi connectivity index (χ0) is 10.7. The van der Waals surface area contributed by atoms with Gasteiger partial charge in [0, 0.05) is 25.0 Å². The maximum absolute atomic E-state index is 11.5. The van der Waals surface area contributed by atoms with Gasteiger partial charge in [0.05, 0.1) is 6.04 Å². The molecular formula is C12H15NOS. The molecule has 1 aliphatic heterocycles. The minimum atomic E-state index is 0.184. The number of nitrogens with zero attached hydrogens (tertiary/aromatic N) is 1. The minimum absolute atomic E-state index is 0.184. The van der Waals surface area contributed by atoms with Crippen molar-refractivity contribution in [1.82, 2.24) is 4.90 Å². The van der Waals surface area contributed by atoms with E-state index in [0.29, 0.717) is 0 Å². The Bertz CT molecular complexity index is 339. The zero-order valence-electron chi connectivity index (χ0n) is 8.85. The van der Waals surface area contributed by atoms with Gasteiger partial charge in [-0.25, -0.2) is 0 Å². The number of thioether (sulfide) groups is 1. The number of hydrogen-bond donors (Lipinski definition) is 0. The van der Waals surface area contributed by atoms with Gasteiger partial charge < -0.3 is 4.90 Å². The molecule has 1 aromatic carbocycles. The van der Waals surface area contributed by atoms with Gasteiger partial charge in [-0.05, 0) is 5.56 Å². The van der Waals surface area contributed by atoms with E-state index in [9.17, 15) is 4.79 Å². The normalized spacial score (nSPS) is 21.4. The Morgan fingerprint density at radius 1 is 1.40 bits per heavy atom. The summed E-state index contributed by atoms with van der Waals surface area (Å²) < 4.78 is 0. The third kappa shape index (κ3) is 2.34. The molecule has 0 aliphatic carbocycles. The summed E-state index contributed by atoms with van der Waals surface area (Å²) in [5.41, 5.74) is 1.25. The van der Waals surface area contributed by atoms with Crippen molar-refractivity contribution in [3.8, 4) is 0 Å². The summed E-state index contributed by atoms with van der Waals surface area (Å²) in [6, 6.07) is 10.6. The fourth-order valence-corrected chi connectivity index (χ4v) is 3.02. The predicted octanol–water partition coefficient (Wildman–Crippen LogP) is 2.32. The van der Waals surface area contributed by atoms with Crippen LogP contribution in [-0.2, 0) is 4.79 Å². The van der Waals surface area contributed by atoms with Crippen molar-refractivity contribution in [3.05, 3.63) is 35.9 Å². The summed E-state index contributed by atoms with van der Waals surface area (Å²) in [6.07, 6.45) is 0. The van der Waals surface area contributed by atoms with Crippen molar-refractivity contribution < 1.29 is 4.79 Å². The lowest BCUT2D eigenvalue weighted by molar-refractivity contribution is -0.130. The number of hydrogen-bond acceptors (Lipinski definition) is 2. The molecule has 1 unspecified atom stereocenters. The molecule has 2 nitrogen and oxygen atoms in total. The van der Waals surface area contributed by atoms with Gasteiger partial charge in [0.2, 0.25) is 5.91 Å². The predicted molar refractivity (Wildman–Crippen MR) is 63.9 cm³/mol. The first-order valence-corrected chi connectivity index (χ1v) is 6.34. The van der Waals surface area contributed by atoms with E-state index in [1.54, 1.807) is 6.92 Å². The van der Waals surface area contributed by atoms with Crippen LogP contribution >= 0.6 is 11.8 Å². The van der Waals surface area contributed by atoms with E-state index in [1.165, 1.54) is 5.56 Å². The monoisotopic (exact) mass is 221 g/mol. The molecule has 0 N–H and O–H groups in total. The van der Waals surface area contributed by atoms with Crippen molar-refractivity contribution in [2.45, 2.75) is 13.0 Å². The highest BCUT2D eigenvalue weighted by molar-refractivity contribution is 7.99. The van der Waals surface area contributed by atoms with E-state index in [4.69, 9.17) is 0 Å². The van der Waals surface area contributed by atoms with Gasteiger partial charge in [0.25, 0.3) is 0 Å². The van der Waals surface area contributed by atoms with Crippen molar-refractivity contribution in [1.29, 1.82) is 0 Å². The van der Waals surface area contributed by atoms with Crippen LogP contribution in [0.1, 0.15) is 18.5 Å². The average Bonchev–Trinajstić information content (AvgIpc) is 2.30. The van der Waals surface area contributed by atoms with E-state index < -0.39 is 0 Å². The summed E-state index contributed by atoms with van der Waals surface area (Å²) in [7, 11) is 0. The van der Waals surface area contributed by atoms with Crippen LogP contribution in [0.5, 0.6) is 0 Å². The van der Waals surface area contributed by atoms with Gasteiger partial charge in [0.15, 0.2) is 0 Å². The first kappa shape index (κ1) is 10.6. The molecule has 0 saturated carbocycles. The highest BCUT2D eigenvalue weighted by Gasteiger charge is 2.25. The third-order valence-electron chi connectivity index (χ3n) is 2.72. The Balaban J connectivity index is 2.22. The topological polar surface area (TPSA) is 20.3 Å². The van der Waals surface area contributed by atoms with Crippen LogP contribution in [0.25, 0.3) is 0 Å². The van der Waals surface area contributed by atoms with E-state index >= 15 is 0 Å². The summed E-state index contributed by atoms with van der Waals surface area (Å²) >= 11 is 1.93. The molecule has 0 bridgehead atoms. The second kappa shape index (κ2) is 4.71. The molecule has 1 heterocycles. The Morgan fingerprint density at radius 3 is 2.80 bits per heavy atom. The highest BCUT2D eigenvalue weighted by atomic mass is 32.2. The molecule has 1 fully saturated rings.